The van der Waals surface area contributed by atoms with E-state index in [0.29, 0.717) is 0 Å². The quantitative estimate of drug-likeness (QED) is 0.180. The summed E-state index contributed by atoms with van der Waals surface area (Å²) in [6.45, 7) is 8.71. The highest BCUT2D eigenvalue weighted by Gasteiger charge is 2.15. The van der Waals surface area contributed by atoms with Crippen LogP contribution in [0.25, 0.3) is 54.9 Å². The molecule has 0 aromatic heterocycles. The minimum atomic E-state index is 1.08. The van der Waals surface area contributed by atoms with Gasteiger partial charge in [0.25, 0.3) is 0 Å². The van der Waals surface area contributed by atoms with E-state index in [4.69, 9.17) is 0 Å². The van der Waals surface area contributed by atoms with Crippen molar-refractivity contribution in [3.8, 4) is 33.4 Å². The molecule has 8 aromatic carbocycles. The van der Waals surface area contributed by atoms with Crippen molar-refractivity contribution in [2.24, 2.45) is 0 Å². The third-order valence-electron chi connectivity index (χ3n) is 9.83. The van der Waals surface area contributed by atoms with E-state index in [1.807, 2.05) is 0 Å². The molecule has 0 unspecified atom stereocenters. The first kappa shape index (κ1) is 31.2. The number of anilines is 4. The van der Waals surface area contributed by atoms with Crippen molar-refractivity contribution >= 4 is 44.3 Å². The molecular formula is C48H40N2. The van der Waals surface area contributed by atoms with Crippen LogP contribution in [0.5, 0.6) is 0 Å². The average molecular weight is 645 g/mol. The maximum absolute atomic E-state index is 3.53. The molecule has 0 fully saturated rings. The summed E-state index contributed by atoms with van der Waals surface area (Å²) in [4.78, 5) is 0. The molecule has 8 rings (SSSR count). The summed E-state index contributed by atoms with van der Waals surface area (Å²) in [6, 6.07) is 57.3. The van der Waals surface area contributed by atoms with Gasteiger partial charge >= 0.3 is 0 Å². The molecule has 0 saturated heterocycles. The third-order valence-corrected chi connectivity index (χ3v) is 9.83. The topological polar surface area (TPSA) is 24.1 Å². The summed E-state index contributed by atoms with van der Waals surface area (Å²) < 4.78 is 0. The Hall–Kier alpha value is -6.12. The van der Waals surface area contributed by atoms with Crippen LogP contribution in [0.1, 0.15) is 22.3 Å². The van der Waals surface area contributed by atoms with Gasteiger partial charge in [0.2, 0.25) is 0 Å². The molecule has 0 amide bonds. The summed E-state index contributed by atoms with van der Waals surface area (Å²) in [6.07, 6.45) is 0. The monoisotopic (exact) mass is 644 g/mol. The highest BCUT2D eigenvalue weighted by Crippen LogP contribution is 2.41. The fourth-order valence-corrected chi connectivity index (χ4v) is 6.98. The minimum Gasteiger partial charge on any atom is -0.356 e. The second-order valence-corrected chi connectivity index (χ2v) is 13.5. The van der Waals surface area contributed by atoms with Gasteiger partial charge in [0.1, 0.15) is 0 Å². The molecule has 0 atom stereocenters. The van der Waals surface area contributed by atoms with Crippen molar-refractivity contribution < 1.29 is 0 Å². The molecule has 2 N–H and O–H groups in total. The third kappa shape index (κ3) is 6.24. The van der Waals surface area contributed by atoms with Crippen molar-refractivity contribution in [1.29, 1.82) is 0 Å². The van der Waals surface area contributed by atoms with Gasteiger partial charge in [0.05, 0.1) is 0 Å². The van der Waals surface area contributed by atoms with E-state index in [9.17, 15) is 0 Å². The van der Waals surface area contributed by atoms with Crippen LogP contribution in [0.4, 0.5) is 22.7 Å². The van der Waals surface area contributed by atoms with E-state index >= 15 is 0 Å². The average Bonchev–Trinajstić information content (AvgIpc) is 3.14. The van der Waals surface area contributed by atoms with E-state index in [1.54, 1.807) is 0 Å². The predicted octanol–water partition coefficient (Wildman–Crippen LogP) is 13.7. The van der Waals surface area contributed by atoms with Gasteiger partial charge in [-0.05, 0) is 154 Å². The minimum absolute atomic E-state index is 1.08. The first-order valence-electron chi connectivity index (χ1n) is 17.3. The molecule has 0 spiro atoms. The maximum Gasteiger partial charge on any atom is 0.0384 e. The van der Waals surface area contributed by atoms with E-state index in [1.165, 1.54) is 77.2 Å². The zero-order valence-corrected chi connectivity index (χ0v) is 29.0. The molecule has 0 aliphatic heterocycles. The van der Waals surface area contributed by atoms with Crippen LogP contribution < -0.4 is 10.6 Å². The number of aryl methyl sites for hydroxylation is 4. The summed E-state index contributed by atoms with van der Waals surface area (Å²) >= 11 is 0. The van der Waals surface area contributed by atoms with E-state index < -0.39 is 0 Å². The van der Waals surface area contributed by atoms with Crippen LogP contribution in [0.15, 0.2) is 158 Å². The lowest BCUT2D eigenvalue weighted by Crippen LogP contribution is -1.93. The molecule has 2 nitrogen and oxygen atoms in total. The van der Waals surface area contributed by atoms with Crippen molar-refractivity contribution in [3.05, 3.63) is 180 Å². The maximum atomic E-state index is 3.53. The smallest absolute Gasteiger partial charge is 0.0384 e. The van der Waals surface area contributed by atoms with Gasteiger partial charge in [-0.15, -0.1) is 0 Å². The van der Waals surface area contributed by atoms with Crippen molar-refractivity contribution in [2.75, 3.05) is 10.6 Å². The molecule has 0 saturated carbocycles. The standard InChI is InChI=1S/C48H40N2/c1-31-5-21-41(22-6-31)49-43-25-17-35(18-26-43)39-15-13-37-11-9-33(3)47(45(37)29-39)48-34(4)10-12-38-14-16-40(30-46(38)48)36-19-27-44(28-20-36)50-42-23-7-32(2)8-24-42/h5-30,49-50H,1-4H3. The molecular weight excluding hydrogens is 605 g/mol. The Kier molecular flexibility index (Phi) is 8.14. The SMILES string of the molecule is Cc1ccc(Nc2ccc(-c3ccc4ccc(C)c(-c5c(C)ccc6ccc(-c7ccc(Nc8ccc(C)cc8)cc7)cc56)c4c3)cc2)cc1. The number of nitrogens with one attached hydrogen (secondary N) is 2. The van der Waals surface area contributed by atoms with Crippen molar-refractivity contribution in [1.82, 2.24) is 0 Å². The van der Waals surface area contributed by atoms with Crippen LogP contribution in [0.2, 0.25) is 0 Å². The van der Waals surface area contributed by atoms with Crippen LogP contribution in [0.3, 0.4) is 0 Å². The first-order valence-corrected chi connectivity index (χ1v) is 17.3. The number of hydrogen-bond donors (Lipinski definition) is 2. The molecule has 242 valence electrons. The van der Waals surface area contributed by atoms with Gasteiger partial charge in [-0.25, -0.2) is 0 Å². The zero-order valence-electron chi connectivity index (χ0n) is 29.0. The molecule has 8 aromatic rings. The largest absolute Gasteiger partial charge is 0.356 e. The van der Waals surface area contributed by atoms with E-state index in [2.05, 4.69) is 196 Å². The van der Waals surface area contributed by atoms with E-state index in [-0.39, 0.29) is 0 Å². The number of rotatable bonds is 7. The Morgan fingerprint density at radius 1 is 0.300 bits per heavy atom. The lowest BCUT2D eigenvalue weighted by molar-refractivity contribution is 1.44. The van der Waals surface area contributed by atoms with Crippen LogP contribution >= 0.6 is 0 Å². The Balaban J connectivity index is 1.16. The molecule has 50 heavy (non-hydrogen) atoms. The van der Waals surface area contributed by atoms with Gasteiger partial charge in [-0.2, -0.15) is 0 Å². The molecule has 0 radical (unpaired) electrons. The molecule has 0 aliphatic rings. The number of hydrogen-bond acceptors (Lipinski definition) is 2. The Bertz CT molecular complexity index is 2290. The molecule has 0 heterocycles. The zero-order chi connectivity index (χ0) is 34.2. The molecule has 2 heteroatoms. The Morgan fingerprint density at radius 3 is 0.960 bits per heavy atom. The lowest BCUT2D eigenvalue weighted by atomic mass is 9.86. The Labute approximate surface area is 295 Å². The van der Waals surface area contributed by atoms with Crippen molar-refractivity contribution in [3.63, 3.8) is 0 Å². The lowest BCUT2D eigenvalue weighted by Gasteiger charge is -2.18. The molecule has 0 aliphatic carbocycles. The predicted molar refractivity (Wildman–Crippen MR) is 216 cm³/mol. The summed E-state index contributed by atoms with van der Waals surface area (Å²) in [5.74, 6) is 0. The number of benzene rings is 8. The molecule has 0 bridgehead atoms. The van der Waals surface area contributed by atoms with Crippen LogP contribution in [-0.2, 0) is 0 Å². The van der Waals surface area contributed by atoms with Crippen LogP contribution in [0, 0.1) is 27.7 Å². The highest BCUT2D eigenvalue weighted by molar-refractivity contribution is 6.09. The fourth-order valence-electron chi connectivity index (χ4n) is 6.98. The fraction of sp³-hybridized carbons (Fsp3) is 0.0833. The second-order valence-electron chi connectivity index (χ2n) is 13.5. The normalized spacial score (nSPS) is 11.2. The summed E-state index contributed by atoms with van der Waals surface area (Å²) in [5, 5.41) is 12.1. The van der Waals surface area contributed by atoms with Gasteiger partial charge in [-0.3, -0.25) is 0 Å². The van der Waals surface area contributed by atoms with Gasteiger partial charge < -0.3 is 10.6 Å². The van der Waals surface area contributed by atoms with Gasteiger partial charge in [0, 0.05) is 22.7 Å². The van der Waals surface area contributed by atoms with Crippen LogP contribution in [-0.4, -0.2) is 0 Å². The highest BCUT2D eigenvalue weighted by atomic mass is 14.9. The van der Waals surface area contributed by atoms with Gasteiger partial charge in [0.15, 0.2) is 0 Å². The first-order chi connectivity index (χ1) is 24.4. The van der Waals surface area contributed by atoms with Crippen molar-refractivity contribution in [2.45, 2.75) is 27.7 Å². The number of fused-ring (bicyclic) bond motifs is 2. The Morgan fingerprint density at radius 2 is 0.600 bits per heavy atom. The van der Waals surface area contributed by atoms with E-state index in [0.717, 1.165) is 22.7 Å². The second kappa shape index (κ2) is 13.1. The summed E-state index contributed by atoms with van der Waals surface area (Å²) in [5.41, 5.74) is 16.8. The summed E-state index contributed by atoms with van der Waals surface area (Å²) in [7, 11) is 0. The van der Waals surface area contributed by atoms with Gasteiger partial charge in [-0.1, -0.05) is 108 Å².